The molecule has 0 bridgehead atoms. The summed E-state index contributed by atoms with van der Waals surface area (Å²) in [6.07, 6.45) is 0.912. The highest BCUT2D eigenvalue weighted by Crippen LogP contribution is 2.33. The van der Waals surface area contributed by atoms with Crippen LogP contribution in [0, 0.1) is 0 Å². The summed E-state index contributed by atoms with van der Waals surface area (Å²) in [6.45, 7) is 3.78. The maximum Gasteiger partial charge on any atom is 0.306 e. The van der Waals surface area contributed by atoms with Gasteiger partial charge in [0.2, 0.25) is 5.76 Å². The molecule has 21 heavy (non-hydrogen) atoms. The molecule has 112 valence electrons. The second-order valence-electron chi connectivity index (χ2n) is 4.12. The van der Waals surface area contributed by atoms with Crippen LogP contribution in [-0.4, -0.2) is 19.8 Å². The fourth-order valence-corrected chi connectivity index (χ4v) is 2.40. The average Bonchev–Trinajstić information content (AvgIpc) is 2.77. The number of ether oxygens (including phenoxy) is 1. The lowest BCUT2D eigenvalue weighted by molar-refractivity contribution is 0.266. The van der Waals surface area contributed by atoms with Crippen LogP contribution in [0.1, 0.15) is 11.3 Å². The number of nitrogens with zero attached hydrogens (tertiary/aromatic N) is 1. The topological polar surface area (TPSA) is 78.6 Å². The van der Waals surface area contributed by atoms with E-state index in [-0.39, 0.29) is 17.4 Å². The van der Waals surface area contributed by atoms with Gasteiger partial charge in [0, 0.05) is 0 Å². The Labute approximate surface area is 130 Å². The summed E-state index contributed by atoms with van der Waals surface area (Å²) in [5.74, 6) is 0.0713. The molecule has 6 nitrogen and oxygen atoms in total. The fraction of sp³-hybridized carbons (Fsp3) is 0.154. The van der Waals surface area contributed by atoms with Gasteiger partial charge in [-0.05, 0) is 26.7 Å². The molecular formula is C13H12BrNO5S. The van der Waals surface area contributed by atoms with Crippen molar-refractivity contribution in [2.24, 2.45) is 0 Å². The standard InChI is InChI=1S/C13H12BrNO5S/c1-9(20-21(2,16)17)12-11(14)13(15-19-12)18-8-10-6-4-3-5-7-10/h3-7H,1,8H2,2H3. The third-order valence-electron chi connectivity index (χ3n) is 2.33. The maximum atomic E-state index is 11.1. The normalized spacial score (nSPS) is 11.1. The summed E-state index contributed by atoms with van der Waals surface area (Å²) >= 11 is 3.22. The van der Waals surface area contributed by atoms with Crippen molar-refractivity contribution in [2.45, 2.75) is 6.61 Å². The molecule has 0 saturated heterocycles. The summed E-state index contributed by atoms with van der Waals surface area (Å²) in [5, 5.41) is 3.70. The van der Waals surface area contributed by atoms with Crippen molar-refractivity contribution in [3.8, 4) is 5.88 Å². The van der Waals surface area contributed by atoms with E-state index in [9.17, 15) is 8.42 Å². The minimum absolute atomic E-state index is 0.0588. The molecule has 0 aliphatic heterocycles. The molecule has 0 saturated carbocycles. The highest BCUT2D eigenvalue weighted by Gasteiger charge is 2.21. The minimum atomic E-state index is -3.68. The van der Waals surface area contributed by atoms with Crippen molar-refractivity contribution < 1.29 is 21.9 Å². The molecule has 2 rings (SSSR count). The largest absolute Gasteiger partial charge is 0.470 e. The molecule has 1 aromatic heterocycles. The second kappa shape index (κ2) is 6.31. The zero-order chi connectivity index (χ0) is 15.5. The second-order valence-corrected chi connectivity index (χ2v) is 6.48. The van der Waals surface area contributed by atoms with Gasteiger partial charge in [0.15, 0.2) is 5.76 Å². The molecule has 8 heteroatoms. The van der Waals surface area contributed by atoms with Crippen LogP contribution < -0.4 is 4.74 Å². The van der Waals surface area contributed by atoms with E-state index in [2.05, 4.69) is 31.8 Å². The summed E-state index contributed by atoms with van der Waals surface area (Å²) < 4.78 is 37.5. The molecule has 0 unspecified atom stereocenters. The van der Waals surface area contributed by atoms with Gasteiger partial charge in [0.1, 0.15) is 11.1 Å². The SMILES string of the molecule is C=C(OS(C)(=O)=O)c1onc(OCc2ccccc2)c1Br. The van der Waals surface area contributed by atoms with E-state index < -0.39 is 10.1 Å². The molecular weight excluding hydrogens is 362 g/mol. The van der Waals surface area contributed by atoms with E-state index in [0.29, 0.717) is 11.1 Å². The quantitative estimate of drug-likeness (QED) is 0.572. The Hall–Kier alpha value is -1.80. The van der Waals surface area contributed by atoms with Crippen molar-refractivity contribution >= 4 is 31.8 Å². The van der Waals surface area contributed by atoms with Gasteiger partial charge in [0.05, 0.1) is 6.26 Å². The number of hydrogen-bond acceptors (Lipinski definition) is 6. The first-order chi connectivity index (χ1) is 9.87. The number of halogens is 1. The van der Waals surface area contributed by atoms with Crippen molar-refractivity contribution in [2.75, 3.05) is 6.26 Å². The summed E-state index contributed by atoms with van der Waals surface area (Å²) in [5.41, 5.74) is 0.958. The molecule has 0 radical (unpaired) electrons. The third kappa shape index (κ3) is 4.33. The molecule has 0 spiro atoms. The van der Waals surface area contributed by atoms with E-state index in [1.807, 2.05) is 30.3 Å². The molecule has 1 aromatic carbocycles. The molecule has 0 aliphatic rings. The Morgan fingerprint density at radius 2 is 2.05 bits per heavy atom. The predicted molar refractivity (Wildman–Crippen MR) is 79.9 cm³/mol. The lowest BCUT2D eigenvalue weighted by atomic mass is 10.2. The van der Waals surface area contributed by atoms with Crippen LogP contribution >= 0.6 is 15.9 Å². The van der Waals surface area contributed by atoms with E-state index in [1.165, 1.54) is 0 Å². The summed E-state index contributed by atoms with van der Waals surface area (Å²) in [4.78, 5) is 0. The molecule has 0 fully saturated rings. The zero-order valence-electron chi connectivity index (χ0n) is 11.1. The van der Waals surface area contributed by atoms with Crippen molar-refractivity contribution in [3.63, 3.8) is 0 Å². The van der Waals surface area contributed by atoms with E-state index in [1.54, 1.807) is 0 Å². The van der Waals surface area contributed by atoms with Crippen LogP contribution in [0.3, 0.4) is 0 Å². The molecule has 2 aromatic rings. The third-order valence-corrected chi connectivity index (χ3v) is 3.53. The smallest absolute Gasteiger partial charge is 0.306 e. The first-order valence-electron chi connectivity index (χ1n) is 5.77. The van der Waals surface area contributed by atoms with Crippen LogP contribution in [0.15, 0.2) is 45.9 Å². The predicted octanol–water partition coefficient (Wildman–Crippen LogP) is 2.96. The first kappa shape index (κ1) is 15.6. The van der Waals surface area contributed by atoms with E-state index >= 15 is 0 Å². The van der Waals surface area contributed by atoms with Crippen molar-refractivity contribution in [1.29, 1.82) is 0 Å². The van der Waals surface area contributed by atoms with Crippen molar-refractivity contribution in [3.05, 3.63) is 52.7 Å². The Balaban J connectivity index is 2.08. The number of benzene rings is 1. The van der Waals surface area contributed by atoms with Crippen LogP contribution in [0.25, 0.3) is 5.76 Å². The van der Waals surface area contributed by atoms with Crippen molar-refractivity contribution in [1.82, 2.24) is 5.16 Å². The number of hydrogen-bond donors (Lipinski definition) is 0. The highest BCUT2D eigenvalue weighted by atomic mass is 79.9. The van der Waals surface area contributed by atoms with Gasteiger partial charge in [-0.3, -0.25) is 0 Å². The van der Waals surface area contributed by atoms with E-state index in [0.717, 1.165) is 11.8 Å². The average molecular weight is 374 g/mol. The lowest BCUT2D eigenvalue weighted by Crippen LogP contribution is -2.01. The molecule has 0 aliphatic carbocycles. The maximum absolute atomic E-state index is 11.1. The van der Waals surface area contributed by atoms with Gasteiger partial charge in [-0.1, -0.05) is 36.9 Å². The van der Waals surface area contributed by atoms with Gasteiger partial charge < -0.3 is 13.4 Å². The van der Waals surface area contributed by atoms with Gasteiger partial charge in [-0.25, -0.2) is 0 Å². The number of rotatable bonds is 6. The monoisotopic (exact) mass is 373 g/mol. The Bertz CT molecular complexity index is 739. The molecule has 0 atom stereocenters. The minimum Gasteiger partial charge on any atom is -0.470 e. The molecule has 1 heterocycles. The highest BCUT2D eigenvalue weighted by molar-refractivity contribution is 9.10. The van der Waals surface area contributed by atoms with Crippen LogP contribution in [0.4, 0.5) is 0 Å². The van der Waals surface area contributed by atoms with Gasteiger partial charge in [-0.2, -0.15) is 8.42 Å². The zero-order valence-corrected chi connectivity index (χ0v) is 13.5. The summed E-state index contributed by atoms with van der Waals surface area (Å²) in [7, 11) is -3.68. The molecule has 0 N–H and O–H groups in total. The Morgan fingerprint density at radius 3 is 2.67 bits per heavy atom. The Kier molecular flexibility index (Phi) is 4.69. The van der Waals surface area contributed by atoms with E-state index in [4.69, 9.17) is 9.26 Å². The summed E-state index contributed by atoms with van der Waals surface area (Å²) in [6, 6.07) is 9.49. The van der Waals surface area contributed by atoms with Gasteiger partial charge in [0.25, 0.3) is 5.88 Å². The van der Waals surface area contributed by atoms with Gasteiger partial charge in [-0.15, -0.1) is 0 Å². The lowest BCUT2D eigenvalue weighted by Gasteiger charge is -2.04. The van der Waals surface area contributed by atoms with Gasteiger partial charge >= 0.3 is 10.1 Å². The number of aromatic nitrogens is 1. The van der Waals surface area contributed by atoms with Crippen LogP contribution in [-0.2, 0) is 20.9 Å². The van der Waals surface area contributed by atoms with Crippen LogP contribution in [0.2, 0.25) is 0 Å². The molecule has 0 amide bonds. The van der Waals surface area contributed by atoms with Crippen LogP contribution in [0.5, 0.6) is 5.88 Å². The fourth-order valence-electron chi connectivity index (χ4n) is 1.47. The Morgan fingerprint density at radius 1 is 1.38 bits per heavy atom. The first-order valence-corrected chi connectivity index (χ1v) is 8.38.